The van der Waals surface area contributed by atoms with Crippen molar-refractivity contribution in [2.24, 2.45) is 7.05 Å². The molecular formula is C18H25F3N4O5. The minimum Gasteiger partial charge on any atom is -0.475 e. The van der Waals surface area contributed by atoms with E-state index in [1.165, 1.54) is 0 Å². The molecular weight excluding hydrogens is 409 g/mol. The van der Waals surface area contributed by atoms with Crippen LogP contribution in [-0.4, -0.2) is 88.9 Å². The van der Waals surface area contributed by atoms with Crippen molar-refractivity contribution in [2.45, 2.75) is 37.1 Å². The number of rotatable bonds is 2. The maximum Gasteiger partial charge on any atom is 0.490 e. The normalized spacial score (nSPS) is 24.6. The van der Waals surface area contributed by atoms with Gasteiger partial charge in [0.05, 0.1) is 30.6 Å². The Morgan fingerprint density at radius 2 is 2.00 bits per heavy atom. The second kappa shape index (κ2) is 8.90. The number of anilines is 1. The number of aromatic nitrogens is 2. The zero-order valence-corrected chi connectivity index (χ0v) is 16.6. The molecule has 0 bridgehead atoms. The third kappa shape index (κ3) is 5.29. The molecule has 0 aliphatic carbocycles. The number of morpholine rings is 1. The van der Waals surface area contributed by atoms with Crippen LogP contribution in [0.5, 0.6) is 0 Å². The van der Waals surface area contributed by atoms with Crippen LogP contribution in [0, 0.1) is 0 Å². The lowest BCUT2D eigenvalue weighted by Gasteiger charge is -2.47. The van der Waals surface area contributed by atoms with Gasteiger partial charge in [-0.2, -0.15) is 18.3 Å². The first-order valence-corrected chi connectivity index (χ1v) is 9.64. The molecule has 1 unspecified atom stereocenters. The third-order valence-electron chi connectivity index (χ3n) is 5.63. The lowest BCUT2D eigenvalue weighted by atomic mass is 9.88. The van der Waals surface area contributed by atoms with Gasteiger partial charge in [-0.25, -0.2) is 4.79 Å². The van der Waals surface area contributed by atoms with Gasteiger partial charge in [0.1, 0.15) is 6.61 Å². The van der Waals surface area contributed by atoms with Crippen molar-refractivity contribution in [1.82, 2.24) is 14.7 Å². The van der Waals surface area contributed by atoms with E-state index in [4.69, 9.17) is 19.4 Å². The lowest BCUT2D eigenvalue weighted by molar-refractivity contribution is -0.192. The van der Waals surface area contributed by atoms with E-state index >= 15 is 0 Å². The van der Waals surface area contributed by atoms with E-state index in [-0.39, 0.29) is 18.1 Å². The summed E-state index contributed by atoms with van der Waals surface area (Å²) < 4.78 is 45.0. The first kappa shape index (κ1) is 22.5. The van der Waals surface area contributed by atoms with Crippen molar-refractivity contribution < 1.29 is 37.3 Å². The van der Waals surface area contributed by atoms with E-state index in [0.29, 0.717) is 12.6 Å². The Kier molecular flexibility index (Phi) is 6.68. The average molecular weight is 434 g/mol. The van der Waals surface area contributed by atoms with Crippen LogP contribution in [0.3, 0.4) is 0 Å². The molecule has 4 rings (SSSR count). The molecule has 0 saturated carbocycles. The molecule has 1 amide bonds. The van der Waals surface area contributed by atoms with Gasteiger partial charge in [0.2, 0.25) is 0 Å². The Bertz CT molecular complexity index is 755. The zero-order valence-electron chi connectivity index (χ0n) is 16.6. The number of carboxylic acid groups (broad SMARTS) is 1. The van der Waals surface area contributed by atoms with Crippen LogP contribution in [0.4, 0.5) is 18.9 Å². The van der Waals surface area contributed by atoms with E-state index in [1.807, 2.05) is 18.1 Å². The highest BCUT2D eigenvalue weighted by atomic mass is 19.4. The molecule has 9 nitrogen and oxygen atoms in total. The van der Waals surface area contributed by atoms with Crippen molar-refractivity contribution >= 4 is 17.6 Å². The number of aryl methyl sites for hydroxylation is 1. The second-order valence-electron chi connectivity index (χ2n) is 7.68. The summed E-state index contributed by atoms with van der Waals surface area (Å²) in [5.41, 5.74) is 0.659. The number of nitrogens with zero attached hydrogens (tertiary/aromatic N) is 4. The number of carboxylic acids is 1. The Balaban J connectivity index is 0.000000318. The van der Waals surface area contributed by atoms with Crippen LogP contribution in [0.1, 0.15) is 19.3 Å². The Hall–Kier alpha value is -2.18. The highest BCUT2D eigenvalue weighted by molar-refractivity contribution is 5.94. The summed E-state index contributed by atoms with van der Waals surface area (Å²) in [6.45, 7) is 4.57. The van der Waals surface area contributed by atoms with Gasteiger partial charge >= 0.3 is 12.1 Å². The lowest BCUT2D eigenvalue weighted by Crippen LogP contribution is -2.59. The smallest absolute Gasteiger partial charge is 0.475 e. The number of hydrogen-bond donors (Lipinski definition) is 1. The van der Waals surface area contributed by atoms with Crippen LogP contribution in [0.15, 0.2) is 12.4 Å². The van der Waals surface area contributed by atoms with Gasteiger partial charge in [0.15, 0.2) is 0 Å². The van der Waals surface area contributed by atoms with E-state index in [2.05, 4.69) is 10.00 Å². The molecule has 0 aromatic carbocycles. The quantitative estimate of drug-likeness (QED) is 0.743. The summed E-state index contributed by atoms with van der Waals surface area (Å²) >= 11 is 0. The predicted molar refractivity (Wildman–Crippen MR) is 98.0 cm³/mol. The number of halogens is 3. The Morgan fingerprint density at radius 1 is 1.33 bits per heavy atom. The number of likely N-dealkylation sites (tertiary alicyclic amines) is 1. The van der Waals surface area contributed by atoms with Crippen molar-refractivity contribution in [3.8, 4) is 0 Å². The van der Waals surface area contributed by atoms with Gasteiger partial charge in [0, 0.05) is 39.0 Å². The van der Waals surface area contributed by atoms with E-state index in [0.717, 1.165) is 51.3 Å². The maximum atomic E-state index is 12.2. The fourth-order valence-corrected chi connectivity index (χ4v) is 3.91. The molecule has 3 aliphatic rings. The average Bonchev–Trinajstić information content (AvgIpc) is 3.36. The van der Waals surface area contributed by atoms with Crippen LogP contribution in [0.25, 0.3) is 0 Å². The summed E-state index contributed by atoms with van der Waals surface area (Å²) in [6, 6.07) is 0.562. The van der Waals surface area contributed by atoms with Crippen LogP contribution < -0.4 is 4.90 Å². The summed E-state index contributed by atoms with van der Waals surface area (Å²) in [5.74, 6) is -2.73. The first-order valence-electron chi connectivity index (χ1n) is 9.64. The van der Waals surface area contributed by atoms with Gasteiger partial charge in [-0.05, 0) is 19.3 Å². The number of ether oxygens (including phenoxy) is 2. The molecule has 0 radical (unpaired) electrons. The van der Waals surface area contributed by atoms with Crippen molar-refractivity contribution in [3.05, 3.63) is 12.4 Å². The van der Waals surface area contributed by atoms with Crippen LogP contribution >= 0.6 is 0 Å². The maximum absolute atomic E-state index is 12.2. The molecule has 1 N–H and O–H groups in total. The molecule has 168 valence electrons. The number of alkyl halides is 3. The summed E-state index contributed by atoms with van der Waals surface area (Å²) in [6.07, 6.45) is 1.62. The fourth-order valence-electron chi connectivity index (χ4n) is 3.91. The first-order chi connectivity index (χ1) is 14.1. The molecule has 3 fully saturated rings. The van der Waals surface area contributed by atoms with Gasteiger partial charge in [0.25, 0.3) is 5.91 Å². The topological polar surface area (TPSA) is 97.1 Å². The number of carbonyl (C=O) groups excluding carboxylic acids is 1. The second-order valence-corrected chi connectivity index (χ2v) is 7.68. The third-order valence-corrected chi connectivity index (χ3v) is 5.63. The molecule has 3 aliphatic heterocycles. The van der Waals surface area contributed by atoms with E-state index in [9.17, 15) is 18.0 Å². The Labute approximate surface area is 171 Å². The fraction of sp³-hybridized carbons (Fsp3) is 0.722. The minimum absolute atomic E-state index is 0.0234. The molecule has 30 heavy (non-hydrogen) atoms. The molecule has 1 aromatic heterocycles. The van der Waals surface area contributed by atoms with Gasteiger partial charge in [-0.1, -0.05) is 0 Å². The van der Waals surface area contributed by atoms with Crippen molar-refractivity contribution in [3.63, 3.8) is 0 Å². The molecule has 12 heteroatoms. The standard InChI is InChI=1S/C16H24N4O3.C2HF3O2/c1-18-9-14(8-17-18)20-12-16(23-11-15(20)21)3-5-19(6-4-16)13-2-7-22-10-13;3-2(4,5)1(6)7/h8-9,13H,2-7,10-12H2,1H3;(H,6,7). The van der Waals surface area contributed by atoms with Gasteiger partial charge < -0.3 is 19.5 Å². The Morgan fingerprint density at radius 3 is 2.50 bits per heavy atom. The highest BCUT2D eigenvalue weighted by Crippen LogP contribution is 2.33. The van der Waals surface area contributed by atoms with Crippen molar-refractivity contribution in [1.29, 1.82) is 0 Å². The molecule has 1 spiro atoms. The summed E-state index contributed by atoms with van der Waals surface area (Å²) in [4.78, 5) is 25.5. The monoisotopic (exact) mass is 434 g/mol. The molecule has 1 atom stereocenters. The molecule has 4 heterocycles. The number of carbonyl (C=O) groups is 2. The van der Waals surface area contributed by atoms with E-state index in [1.54, 1.807) is 10.9 Å². The van der Waals surface area contributed by atoms with Gasteiger partial charge in [-0.3, -0.25) is 14.4 Å². The zero-order chi connectivity index (χ0) is 21.9. The SMILES string of the molecule is Cn1cc(N2CC3(CCN(C4CCOC4)CC3)OCC2=O)cn1.O=C(O)C(F)(F)F. The molecule has 1 aromatic rings. The van der Waals surface area contributed by atoms with Crippen LogP contribution in [-0.2, 0) is 26.1 Å². The van der Waals surface area contributed by atoms with Gasteiger partial charge in [-0.15, -0.1) is 0 Å². The minimum atomic E-state index is -5.08. The number of amides is 1. The van der Waals surface area contributed by atoms with Crippen LogP contribution in [0.2, 0.25) is 0 Å². The number of aliphatic carboxylic acids is 1. The van der Waals surface area contributed by atoms with Crippen molar-refractivity contribution in [2.75, 3.05) is 44.4 Å². The summed E-state index contributed by atoms with van der Waals surface area (Å²) in [7, 11) is 1.87. The molecule has 3 saturated heterocycles. The summed E-state index contributed by atoms with van der Waals surface area (Å²) in [5, 5.41) is 11.3. The van der Waals surface area contributed by atoms with E-state index < -0.39 is 12.1 Å². The number of hydrogen-bond acceptors (Lipinski definition) is 6. The number of piperidine rings is 1. The largest absolute Gasteiger partial charge is 0.490 e. The highest BCUT2D eigenvalue weighted by Gasteiger charge is 2.44. The predicted octanol–water partition coefficient (Wildman–Crippen LogP) is 1.04.